The van der Waals surface area contributed by atoms with Gasteiger partial charge in [0.2, 0.25) is 0 Å². The van der Waals surface area contributed by atoms with Crippen LogP contribution < -0.4 is 0 Å². The summed E-state index contributed by atoms with van der Waals surface area (Å²) in [7, 11) is 0. The van der Waals surface area contributed by atoms with Crippen LogP contribution in [0.1, 0.15) is 38.4 Å². The van der Waals surface area contributed by atoms with Crippen molar-refractivity contribution in [2.24, 2.45) is 0 Å². The van der Waals surface area contributed by atoms with Crippen LogP contribution in [0.2, 0.25) is 0 Å². The zero-order valence-electron chi connectivity index (χ0n) is 50.4. The number of para-hydroxylation sites is 1. The van der Waals surface area contributed by atoms with E-state index in [-0.39, 0.29) is 0 Å². The van der Waals surface area contributed by atoms with Crippen molar-refractivity contribution < 1.29 is 42.8 Å². The van der Waals surface area contributed by atoms with Crippen LogP contribution in [0.15, 0.2) is 174 Å². The average Bonchev–Trinajstić information content (AvgIpc) is 3.76. The van der Waals surface area contributed by atoms with Gasteiger partial charge in [-0.05, 0) is 84.2 Å². The molecule has 0 aliphatic rings. The second-order valence-electron chi connectivity index (χ2n) is 9.51. The molecule has 0 amide bonds. The molecular formula is C44H28O. The quantitative estimate of drug-likeness (QED) is 0.183. The van der Waals surface area contributed by atoms with E-state index in [1.165, 1.54) is 0 Å². The third-order valence-electron chi connectivity index (χ3n) is 7.14. The Morgan fingerprint density at radius 1 is 0.333 bits per heavy atom. The van der Waals surface area contributed by atoms with Crippen LogP contribution in [0.3, 0.4) is 0 Å². The van der Waals surface area contributed by atoms with Crippen molar-refractivity contribution in [1.82, 2.24) is 0 Å². The van der Waals surface area contributed by atoms with Crippen molar-refractivity contribution in [2.75, 3.05) is 0 Å². The molecule has 9 aromatic rings. The maximum atomic E-state index is 10.1. The number of benzene rings is 8. The van der Waals surface area contributed by atoms with Gasteiger partial charge in [-0.2, -0.15) is 0 Å². The number of furan rings is 1. The summed E-state index contributed by atoms with van der Waals surface area (Å²) in [5.41, 5.74) is -8.19. The third kappa shape index (κ3) is 4.09. The van der Waals surface area contributed by atoms with Gasteiger partial charge in [-0.3, -0.25) is 0 Å². The number of hydrogen-bond acceptors (Lipinski definition) is 1. The number of fused-ring (bicyclic) bond motifs is 5. The summed E-state index contributed by atoms with van der Waals surface area (Å²) in [5, 5.41) is -4.53. The molecule has 9 rings (SSSR count). The Bertz CT molecular complexity index is 4060. The average molecular weight is 601 g/mol. The second kappa shape index (κ2) is 10.4. The minimum absolute atomic E-state index is 0.551. The van der Waals surface area contributed by atoms with E-state index in [9.17, 15) is 11.0 Å². The van der Waals surface area contributed by atoms with E-state index < -0.39 is 257 Å². The van der Waals surface area contributed by atoms with Crippen molar-refractivity contribution in [3.05, 3.63) is 169 Å². The Morgan fingerprint density at radius 2 is 0.867 bits per heavy atom. The lowest BCUT2D eigenvalue weighted by atomic mass is 9.82. The summed E-state index contributed by atoms with van der Waals surface area (Å²) in [6, 6.07) is -28.1. The largest absolute Gasteiger partial charge is 0.456 e. The molecule has 0 saturated heterocycles. The normalized spacial score (nSPS) is 20.3. The number of hydrogen-bond donors (Lipinski definition) is 0. The monoisotopic (exact) mass is 600 g/mol. The van der Waals surface area contributed by atoms with Crippen LogP contribution in [-0.2, 0) is 0 Å². The molecule has 0 atom stereocenters. The van der Waals surface area contributed by atoms with Gasteiger partial charge in [0, 0.05) is 10.8 Å². The lowest BCUT2D eigenvalue weighted by Gasteiger charge is -2.21. The van der Waals surface area contributed by atoms with E-state index in [1.54, 1.807) is 0 Å². The number of rotatable bonds is 4. The smallest absolute Gasteiger partial charge is 0.136 e. The van der Waals surface area contributed by atoms with Crippen LogP contribution in [0, 0.1) is 0 Å². The molecule has 0 spiro atoms. The summed E-state index contributed by atoms with van der Waals surface area (Å²) in [6.45, 7) is 0. The molecule has 1 heterocycles. The molecule has 0 N–H and O–H groups in total. The standard InChI is InChI=1S/C44H28O/c1-3-14-29(15-4-1)31-26-27-36-39(28-31)43(38-23-13-25-41-44(38)37-22-11-12-24-40(37)45-41)35-21-10-9-20-34(35)42(36)33-19-8-7-18-32(33)30-16-5-2-6-17-30/h1-28H/i1D,2D,3D,4D,5D,6D,7D,8D,9D,10D,11D,12D,13D,14D,15D,16D,17D,18D,19D,20D,21D,22D,23D,24D,25D,26D,27D,28D. The van der Waals surface area contributed by atoms with Crippen molar-refractivity contribution in [2.45, 2.75) is 0 Å². The Kier molecular flexibility index (Phi) is 2.32. The van der Waals surface area contributed by atoms with Crippen molar-refractivity contribution >= 4 is 43.5 Å². The first-order valence-electron chi connectivity index (χ1n) is 27.2. The molecule has 0 aliphatic carbocycles. The van der Waals surface area contributed by atoms with Crippen LogP contribution in [0.5, 0.6) is 0 Å². The fourth-order valence-electron chi connectivity index (χ4n) is 5.33. The van der Waals surface area contributed by atoms with Crippen LogP contribution in [0.4, 0.5) is 0 Å². The molecule has 0 radical (unpaired) electrons. The highest BCUT2D eigenvalue weighted by Gasteiger charge is 2.22. The molecule has 45 heavy (non-hydrogen) atoms. The molecule has 0 saturated carbocycles. The summed E-state index contributed by atoms with van der Waals surface area (Å²) in [5.74, 6) is 0. The van der Waals surface area contributed by atoms with Gasteiger partial charge in [0.1, 0.15) is 11.2 Å². The molecule has 1 nitrogen and oxygen atoms in total. The van der Waals surface area contributed by atoms with Gasteiger partial charge < -0.3 is 4.42 Å². The van der Waals surface area contributed by atoms with Crippen LogP contribution in [0.25, 0.3) is 88.0 Å². The lowest BCUT2D eigenvalue weighted by Crippen LogP contribution is -1.93. The maximum absolute atomic E-state index is 10.1. The minimum atomic E-state index is -1.15. The van der Waals surface area contributed by atoms with E-state index in [0.29, 0.717) is 0 Å². The van der Waals surface area contributed by atoms with E-state index in [2.05, 4.69) is 0 Å². The minimum Gasteiger partial charge on any atom is -0.456 e. The highest BCUT2D eigenvalue weighted by molar-refractivity contribution is 6.26. The van der Waals surface area contributed by atoms with E-state index in [0.717, 1.165) is 0 Å². The molecule has 0 aliphatic heterocycles. The molecule has 8 aromatic carbocycles. The molecule has 1 aromatic heterocycles. The van der Waals surface area contributed by atoms with Gasteiger partial charge in [0.15, 0.2) is 0 Å². The molecule has 0 unspecified atom stereocenters. The predicted octanol–water partition coefficient (Wildman–Crippen LogP) is 12.6. The van der Waals surface area contributed by atoms with E-state index in [1.807, 2.05) is 0 Å². The Morgan fingerprint density at radius 3 is 1.62 bits per heavy atom. The maximum Gasteiger partial charge on any atom is 0.136 e. The highest BCUT2D eigenvalue weighted by Crippen LogP contribution is 2.49. The van der Waals surface area contributed by atoms with Gasteiger partial charge in [-0.1, -0.05) is 151 Å². The Labute approximate surface area is 301 Å². The van der Waals surface area contributed by atoms with Gasteiger partial charge in [-0.25, -0.2) is 0 Å². The van der Waals surface area contributed by atoms with Crippen LogP contribution >= 0.6 is 0 Å². The summed E-state index contributed by atoms with van der Waals surface area (Å²) in [4.78, 5) is 0. The Hall–Kier alpha value is -5.92. The molecule has 0 bridgehead atoms. The zero-order valence-corrected chi connectivity index (χ0v) is 22.4. The second-order valence-corrected chi connectivity index (χ2v) is 9.51. The highest BCUT2D eigenvalue weighted by atomic mass is 16.3. The van der Waals surface area contributed by atoms with Crippen molar-refractivity contribution in [1.29, 1.82) is 0 Å². The molecule has 1 heteroatoms. The topological polar surface area (TPSA) is 13.1 Å². The van der Waals surface area contributed by atoms with E-state index in [4.69, 9.17) is 31.8 Å². The molecule has 0 fully saturated rings. The summed E-state index contributed by atoms with van der Waals surface area (Å²) >= 11 is 0. The fraction of sp³-hybridized carbons (Fsp3) is 0. The summed E-state index contributed by atoms with van der Waals surface area (Å²) < 4.78 is 258. The zero-order chi connectivity index (χ0) is 54.1. The summed E-state index contributed by atoms with van der Waals surface area (Å²) in [6.07, 6.45) is 0. The first-order valence-corrected chi connectivity index (χ1v) is 13.2. The predicted molar refractivity (Wildman–Crippen MR) is 190 cm³/mol. The Balaban J connectivity index is 1.75. The van der Waals surface area contributed by atoms with Crippen LogP contribution in [-0.4, -0.2) is 0 Å². The van der Waals surface area contributed by atoms with Crippen molar-refractivity contribution in [3.63, 3.8) is 0 Å². The lowest BCUT2D eigenvalue weighted by molar-refractivity contribution is 0.669. The van der Waals surface area contributed by atoms with Gasteiger partial charge in [0.05, 0.1) is 38.4 Å². The van der Waals surface area contributed by atoms with Gasteiger partial charge in [0.25, 0.3) is 0 Å². The van der Waals surface area contributed by atoms with E-state index >= 15 is 0 Å². The first kappa shape index (κ1) is 10.1. The van der Waals surface area contributed by atoms with Gasteiger partial charge >= 0.3 is 0 Å². The fourth-order valence-corrected chi connectivity index (χ4v) is 5.33. The van der Waals surface area contributed by atoms with Gasteiger partial charge in [-0.15, -0.1) is 0 Å². The molecule has 210 valence electrons. The third-order valence-corrected chi connectivity index (χ3v) is 7.14. The molecular weight excluding hydrogens is 544 g/mol. The first-order chi connectivity index (χ1) is 34.0. The SMILES string of the molecule is [2H]c1c([2H])c([2H])c(-c2c([2H])c([2H])c([2H])c([2H])c2-c2c3c([2H])c([2H])c([2H])c([2H])c3c(-c3c([2H])c([2H])c([2H])c4oc5c([2H])c([2H])c([2H])c([2H])c5c34)c3c([2H])c(-c4c([2H])c([2H])c([2H])c([2H])c4[2H])c([2H])c([2H])c23)c([2H])c1[2H]. The van der Waals surface area contributed by atoms with Crippen molar-refractivity contribution in [3.8, 4) is 44.5 Å².